The number of fused-ring (bicyclic) bond motifs is 5. The summed E-state index contributed by atoms with van der Waals surface area (Å²) < 4.78 is 0. The maximum atomic E-state index is 12.5. The molecule has 0 aromatic heterocycles. The highest BCUT2D eigenvalue weighted by atomic mass is 16.4. The van der Waals surface area contributed by atoms with Crippen molar-refractivity contribution in [3.05, 3.63) is 0 Å². The van der Waals surface area contributed by atoms with E-state index < -0.39 is 17.5 Å². The lowest BCUT2D eigenvalue weighted by Gasteiger charge is -2.64. The quantitative estimate of drug-likeness (QED) is 0.628. The Hall–Kier alpha value is -0.570. The smallest absolute Gasteiger partial charge is 0.310 e. The first-order chi connectivity index (χ1) is 13.2. The zero-order valence-corrected chi connectivity index (χ0v) is 18.5. The number of aliphatic hydroxyl groups is 1. The van der Waals surface area contributed by atoms with Crippen molar-refractivity contribution in [1.82, 2.24) is 0 Å². The van der Waals surface area contributed by atoms with Crippen LogP contribution in [-0.4, -0.2) is 22.3 Å². The molecular formula is C25H42O3. The minimum absolute atomic E-state index is 0.143. The second-order valence-corrected chi connectivity index (χ2v) is 11.6. The van der Waals surface area contributed by atoms with Crippen molar-refractivity contribution < 1.29 is 15.0 Å². The normalized spacial score (nSPS) is 51.7. The monoisotopic (exact) mass is 390 g/mol. The van der Waals surface area contributed by atoms with Crippen LogP contribution in [0.3, 0.4) is 0 Å². The van der Waals surface area contributed by atoms with Crippen molar-refractivity contribution in [2.75, 3.05) is 0 Å². The molecule has 28 heavy (non-hydrogen) atoms. The third kappa shape index (κ3) is 2.67. The Morgan fingerprint density at radius 3 is 2.46 bits per heavy atom. The molecule has 0 radical (unpaired) electrons. The number of carboxylic acid groups (broad SMARTS) is 1. The van der Waals surface area contributed by atoms with Crippen molar-refractivity contribution in [3.63, 3.8) is 0 Å². The summed E-state index contributed by atoms with van der Waals surface area (Å²) in [7, 11) is 0. The van der Waals surface area contributed by atoms with E-state index in [1.807, 2.05) is 0 Å². The number of hydrogen-bond donors (Lipinski definition) is 2. The minimum atomic E-state index is -0.701. The van der Waals surface area contributed by atoms with Gasteiger partial charge < -0.3 is 10.2 Å². The molecule has 0 saturated heterocycles. The maximum Gasteiger partial charge on any atom is 0.310 e. The van der Waals surface area contributed by atoms with Crippen LogP contribution in [0.25, 0.3) is 0 Å². The number of aliphatic carboxylic acids is 1. The highest BCUT2D eigenvalue weighted by molar-refractivity contribution is 5.76. The largest absolute Gasteiger partial charge is 0.481 e. The average Bonchev–Trinajstić information content (AvgIpc) is 2.99. The van der Waals surface area contributed by atoms with E-state index in [2.05, 4.69) is 27.7 Å². The summed E-state index contributed by atoms with van der Waals surface area (Å²) in [5, 5.41) is 20.6. The van der Waals surface area contributed by atoms with E-state index in [0.717, 1.165) is 43.4 Å². The van der Waals surface area contributed by atoms with E-state index in [1.54, 1.807) is 0 Å². The van der Waals surface area contributed by atoms with Crippen molar-refractivity contribution in [2.24, 2.45) is 45.8 Å². The van der Waals surface area contributed by atoms with Crippen LogP contribution in [0.5, 0.6) is 0 Å². The Morgan fingerprint density at radius 2 is 1.79 bits per heavy atom. The van der Waals surface area contributed by atoms with Gasteiger partial charge >= 0.3 is 5.97 Å². The summed E-state index contributed by atoms with van der Waals surface area (Å²) in [6, 6.07) is 0. The molecule has 4 fully saturated rings. The van der Waals surface area contributed by atoms with Crippen molar-refractivity contribution >= 4 is 5.97 Å². The van der Waals surface area contributed by atoms with E-state index in [-0.39, 0.29) is 5.41 Å². The Balaban J connectivity index is 1.64. The summed E-state index contributed by atoms with van der Waals surface area (Å²) in [6.45, 7) is 9.67. The first kappa shape index (κ1) is 20.7. The highest BCUT2D eigenvalue weighted by Crippen LogP contribution is 2.71. The van der Waals surface area contributed by atoms with Crippen LogP contribution in [-0.2, 0) is 4.79 Å². The van der Waals surface area contributed by atoms with Gasteiger partial charge in [-0.15, -0.1) is 0 Å². The van der Waals surface area contributed by atoms with Gasteiger partial charge in [0, 0.05) is 0 Å². The van der Waals surface area contributed by atoms with Crippen LogP contribution in [0.4, 0.5) is 0 Å². The molecule has 4 rings (SSSR count). The first-order valence-electron chi connectivity index (χ1n) is 12.1. The SMILES string of the molecule is CCC[C@@H](C)[C@H]1CC[C@H]2[C@@H]3CCC4(C(=O)O)C[C@H](O)CC[C@]4(C)[C@H]3CC[C@]12C. The lowest BCUT2D eigenvalue weighted by atomic mass is 9.39. The van der Waals surface area contributed by atoms with Gasteiger partial charge in [-0.1, -0.05) is 40.5 Å². The van der Waals surface area contributed by atoms with Crippen LogP contribution in [0.1, 0.15) is 98.3 Å². The molecule has 160 valence electrons. The molecule has 9 atom stereocenters. The molecule has 0 aromatic rings. The van der Waals surface area contributed by atoms with E-state index in [0.29, 0.717) is 23.7 Å². The van der Waals surface area contributed by atoms with Gasteiger partial charge in [0.15, 0.2) is 0 Å². The van der Waals surface area contributed by atoms with Gasteiger partial charge in [0.1, 0.15) is 0 Å². The summed E-state index contributed by atoms with van der Waals surface area (Å²) in [6.07, 6.45) is 11.4. The van der Waals surface area contributed by atoms with Gasteiger partial charge in [-0.2, -0.15) is 0 Å². The van der Waals surface area contributed by atoms with Crippen LogP contribution < -0.4 is 0 Å². The number of aliphatic hydroxyl groups excluding tert-OH is 1. The summed E-state index contributed by atoms with van der Waals surface area (Å²) in [5.74, 6) is 3.05. The average molecular weight is 391 g/mol. The predicted octanol–water partition coefficient (Wildman–Crippen LogP) is 5.90. The Kier molecular flexibility index (Phi) is 5.17. The topological polar surface area (TPSA) is 57.5 Å². The van der Waals surface area contributed by atoms with Gasteiger partial charge in [0.05, 0.1) is 11.5 Å². The maximum absolute atomic E-state index is 12.5. The van der Waals surface area contributed by atoms with Gasteiger partial charge in [-0.05, 0) is 98.2 Å². The number of rotatable bonds is 4. The van der Waals surface area contributed by atoms with Crippen LogP contribution >= 0.6 is 0 Å². The zero-order chi connectivity index (χ0) is 20.3. The molecular weight excluding hydrogens is 348 g/mol. The molecule has 4 saturated carbocycles. The molecule has 3 nitrogen and oxygen atoms in total. The molecule has 4 aliphatic rings. The fourth-order valence-electron chi connectivity index (χ4n) is 9.34. The summed E-state index contributed by atoms with van der Waals surface area (Å²) in [5.41, 5.74) is -0.383. The molecule has 0 heterocycles. The van der Waals surface area contributed by atoms with Gasteiger partial charge in [0.2, 0.25) is 0 Å². The van der Waals surface area contributed by atoms with Gasteiger partial charge in [-0.3, -0.25) is 4.79 Å². The van der Waals surface area contributed by atoms with E-state index >= 15 is 0 Å². The third-order valence-electron chi connectivity index (χ3n) is 10.7. The predicted molar refractivity (Wildman–Crippen MR) is 112 cm³/mol. The number of carbonyl (C=O) groups is 1. The fraction of sp³-hybridized carbons (Fsp3) is 0.960. The second-order valence-electron chi connectivity index (χ2n) is 11.6. The highest BCUT2D eigenvalue weighted by Gasteiger charge is 2.67. The molecule has 0 aromatic carbocycles. The molecule has 2 N–H and O–H groups in total. The van der Waals surface area contributed by atoms with Crippen LogP contribution in [0.2, 0.25) is 0 Å². The molecule has 0 bridgehead atoms. The van der Waals surface area contributed by atoms with Gasteiger partial charge in [-0.25, -0.2) is 0 Å². The first-order valence-corrected chi connectivity index (χ1v) is 12.1. The molecule has 0 amide bonds. The molecule has 1 unspecified atom stereocenters. The Labute approximate surface area is 171 Å². The number of hydrogen-bond acceptors (Lipinski definition) is 2. The molecule has 0 spiro atoms. The summed E-state index contributed by atoms with van der Waals surface area (Å²) in [4.78, 5) is 12.5. The van der Waals surface area contributed by atoms with Crippen molar-refractivity contribution in [1.29, 1.82) is 0 Å². The minimum Gasteiger partial charge on any atom is -0.481 e. The molecule has 0 aliphatic heterocycles. The summed E-state index contributed by atoms with van der Waals surface area (Å²) >= 11 is 0. The van der Waals surface area contributed by atoms with Crippen molar-refractivity contribution in [2.45, 2.75) is 104 Å². The van der Waals surface area contributed by atoms with E-state index in [4.69, 9.17) is 0 Å². The lowest BCUT2D eigenvalue weighted by molar-refractivity contribution is -0.202. The molecule has 4 aliphatic carbocycles. The van der Waals surface area contributed by atoms with Gasteiger partial charge in [0.25, 0.3) is 0 Å². The number of carboxylic acids is 1. The Bertz CT molecular complexity index is 617. The van der Waals surface area contributed by atoms with Crippen LogP contribution in [0.15, 0.2) is 0 Å². The lowest BCUT2D eigenvalue weighted by Crippen LogP contribution is -2.62. The Morgan fingerprint density at radius 1 is 1.04 bits per heavy atom. The van der Waals surface area contributed by atoms with Crippen LogP contribution in [0, 0.1) is 45.8 Å². The molecule has 3 heteroatoms. The van der Waals surface area contributed by atoms with E-state index in [9.17, 15) is 15.0 Å². The second kappa shape index (κ2) is 7.00. The standard InChI is InChI=1S/C25H42O3/c1-5-6-16(2)19-7-8-20-18-10-14-25(22(27)28)15-17(26)9-13-24(25,4)21(18)11-12-23(19,20)3/h16-21,26H,5-15H2,1-4H3,(H,27,28)/t16-,17-,18+,19-,20+,21+,23-,24-,25?/m1/s1. The van der Waals surface area contributed by atoms with Crippen molar-refractivity contribution in [3.8, 4) is 0 Å². The third-order valence-corrected chi connectivity index (χ3v) is 10.7. The zero-order valence-electron chi connectivity index (χ0n) is 18.5. The van der Waals surface area contributed by atoms with E-state index in [1.165, 1.54) is 38.5 Å². The fourth-order valence-corrected chi connectivity index (χ4v) is 9.34.